The summed E-state index contributed by atoms with van der Waals surface area (Å²) in [5, 5.41) is 0.620. The van der Waals surface area contributed by atoms with Gasteiger partial charge in [0.25, 0.3) is 0 Å². The average molecular weight is 353 g/mol. The molecule has 0 N–H and O–H groups in total. The Morgan fingerprint density at radius 1 is 1.25 bits per heavy atom. The summed E-state index contributed by atoms with van der Waals surface area (Å²) in [6, 6.07) is 5.43. The molecular weight excluding hydrogens is 332 g/mol. The summed E-state index contributed by atoms with van der Waals surface area (Å²) < 4.78 is 23.7. The Morgan fingerprint density at radius 2 is 2.04 bits per heavy atom. The number of rotatable bonds is 2. The van der Waals surface area contributed by atoms with E-state index >= 15 is 0 Å². The van der Waals surface area contributed by atoms with Crippen molar-refractivity contribution in [3.8, 4) is 0 Å². The standard InChI is InChI=1S/C18H21ClO5/c1-18(2)23-16-15(21-3)14(22-17(16)24-18)11-6-7-13(20)10-5-4-9(19)8-12(10)11/h4-5,8,11,14-17H,6-7H2,1-3H3/t11?,14-,15+,16-,17-/m1/s1. The third-order valence-corrected chi connectivity index (χ3v) is 5.33. The number of ether oxygens (including phenoxy) is 4. The second-order valence-corrected chi connectivity index (χ2v) is 7.51. The molecule has 2 heterocycles. The fourth-order valence-electron chi connectivity index (χ4n) is 4.11. The van der Waals surface area contributed by atoms with E-state index in [0.717, 1.165) is 11.1 Å². The van der Waals surface area contributed by atoms with Crippen LogP contribution in [-0.2, 0) is 18.9 Å². The molecule has 3 aliphatic rings. The molecule has 24 heavy (non-hydrogen) atoms. The van der Waals surface area contributed by atoms with Gasteiger partial charge < -0.3 is 18.9 Å². The van der Waals surface area contributed by atoms with Gasteiger partial charge in [0.15, 0.2) is 17.9 Å². The number of fused-ring (bicyclic) bond motifs is 2. The molecule has 2 aliphatic heterocycles. The van der Waals surface area contributed by atoms with Crippen molar-refractivity contribution in [2.45, 2.75) is 63.0 Å². The fourth-order valence-corrected chi connectivity index (χ4v) is 4.29. The maximum atomic E-state index is 12.2. The molecule has 0 radical (unpaired) electrons. The highest BCUT2D eigenvalue weighted by molar-refractivity contribution is 6.30. The van der Waals surface area contributed by atoms with Crippen LogP contribution in [0.5, 0.6) is 0 Å². The van der Waals surface area contributed by atoms with E-state index in [9.17, 15) is 4.79 Å². The van der Waals surface area contributed by atoms with E-state index in [4.69, 9.17) is 30.5 Å². The van der Waals surface area contributed by atoms with Crippen LogP contribution in [0.2, 0.25) is 5.02 Å². The topological polar surface area (TPSA) is 54.0 Å². The van der Waals surface area contributed by atoms with Crippen LogP contribution in [0.15, 0.2) is 18.2 Å². The lowest BCUT2D eigenvalue weighted by molar-refractivity contribution is -0.219. The zero-order valence-corrected chi connectivity index (χ0v) is 14.7. The van der Waals surface area contributed by atoms with Crippen LogP contribution in [0.3, 0.4) is 0 Å². The highest BCUT2D eigenvalue weighted by atomic mass is 35.5. The van der Waals surface area contributed by atoms with Crippen LogP contribution in [0.4, 0.5) is 0 Å². The Bertz CT molecular complexity index is 673. The van der Waals surface area contributed by atoms with Gasteiger partial charge in [-0.15, -0.1) is 0 Å². The smallest absolute Gasteiger partial charge is 0.190 e. The van der Waals surface area contributed by atoms with Crippen LogP contribution in [0.25, 0.3) is 0 Å². The van der Waals surface area contributed by atoms with Gasteiger partial charge in [0.1, 0.15) is 12.2 Å². The van der Waals surface area contributed by atoms with Crippen molar-refractivity contribution in [2.75, 3.05) is 7.11 Å². The summed E-state index contributed by atoms with van der Waals surface area (Å²) in [5.41, 5.74) is 1.67. The summed E-state index contributed by atoms with van der Waals surface area (Å²) in [7, 11) is 1.66. The number of hydrogen-bond donors (Lipinski definition) is 0. The lowest BCUT2D eigenvalue weighted by Crippen LogP contribution is -2.40. The van der Waals surface area contributed by atoms with Gasteiger partial charge in [0, 0.05) is 30.0 Å². The summed E-state index contributed by atoms with van der Waals surface area (Å²) in [4.78, 5) is 12.2. The molecular formula is C18H21ClO5. The van der Waals surface area contributed by atoms with Crippen molar-refractivity contribution < 1.29 is 23.7 Å². The molecule has 1 aromatic carbocycles. The van der Waals surface area contributed by atoms with Crippen LogP contribution in [-0.4, -0.2) is 43.3 Å². The number of carbonyl (C=O) groups excluding carboxylic acids is 1. The molecule has 2 saturated heterocycles. The Hall–Kier alpha value is -0.980. The van der Waals surface area contributed by atoms with E-state index < -0.39 is 12.1 Å². The Kier molecular flexibility index (Phi) is 3.97. The van der Waals surface area contributed by atoms with Gasteiger partial charge in [0.05, 0.1) is 6.10 Å². The van der Waals surface area contributed by atoms with E-state index in [1.165, 1.54) is 0 Å². The molecule has 1 aromatic rings. The molecule has 4 rings (SSSR count). The first-order valence-electron chi connectivity index (χ1n) is 8.26. The van der Waals surface area contributed by atoms with Crippen molar-refractivity contribution in [3.05, 3.63) is 34.3 Å². The van der Waals surface area contributed by atoms with Crippen molar-refractivity contribution >= 4 is 17.4 Å². The predicted octanol–water partition coefficient (Wildman–Crippen LogP) is 3.29. The number of hydrogen-bond acceptors (Lipinski definition) is 5. The molecule has 2 fully saturated rings. The molecule has 0 aromatic heterocycles. The number of methoxy groups -OCH3 is 1. The Balaban J connectivity index is 1.67. The largest absolute Gasteiger partial charge is 0.376 e. The van der Waals surface area contributed by atoms with Gasteiger partial charge in [-0.05, 0) is 44.0 Å². The van der Waals surface area contributed by atoms with Crippen molar-refractivity contribution in [2.24, 2.45) is 0 Å². The molecule has 0 bridgehead atoms. The third kappa shape index (κ3) is 2.59. The normalized spacial score (nSPS) is 37.3. The number of benzene rings is 1. The van der Waals surface area contributed by atoms with Gasteiger partial charge in [-0.2, -0.15) is 0 Å². The van der Waals surface area contributed by atoms with Gasteiger partial charge in [-0.3, -0.25) is 4.79 Å². The zero-order valence-electron chi connectivity index (χ0n) is 14.0. The first-order chi connectivity index (χ1) is 11.4. The second-order valence-electron chi connectivity index (χ2n) is 7.07. The Morgan fingerprint density at radius 3 is 2.79 bits per heavy atom. The van der Waals surface area contributed by atoms with Gasteiger partial charge in [-0.25, -0.2) is 0 Å². The minimum absolute atomic E-state index is 0.0299. The van der Waals surface area contributed by atoms with Gasteiger partial charge in [0.2, 0.25) is 0 Å². The van der Waals surface area contributed by atoms with Crippen LogP contribution in [0, 0.1) is 0 Å². The monoisotopic (exact) mass is 352 g/mol. The molecule has 0 spiro atoms. The second kappa shape index (κ2) is 5.78. The quantitative estimate of drug-likeness (QED) is 0.817. The summed E-state index contributed by atoms with van der Waals surface area (Å²) in [6.45, 7) is 3.73. The molecule has 5 atom stereocenters. The lowest BCUT2D eigenvalue weighted by Gasteiger charge is -2.33. The molecule has 0 amide bonds. The summed E-state index contributed by atoms with van der Waals surface area (Å²) in [6.07, 6.45) is 0.0104. The molecule has 6 heteroatoms. The molecule has 130 valence electrons. The number of Topliss-reactive ketones (excluding diaryl/α,β-unsaturated/α-hetero) is 1. The van der Waals surface area contributed by atoms with Crippen LogP contribution < -0.4 is 0 Å². The predicted molar refractivity (Wildman–Crippen MR) is 87.3 cm³/mol. The minimum Gasteiger partial charge on any atom is -0.376 e. The third-order valence-electron chi connectivity index (χ3n) is 5.09. The summed E-state index contributed by atoms with van der Waals surface area (Å²) >= 11 is 6.17. The van der Waals surface area contributed by atoms with Crippen molar-refractivity contribution in [1.29, 1.82) is 0 Å². The maximum Gasteiger partial charge on any atom is 0.190 e. The van der Waals surface area contributed by atoms with E-state index in [-0.39, 0.29) is 30.0 Å². The number of halogens is 1. The van der Waals surface area contributed by atoms with Gasteiger partial charge in [-0.1, -0.05) is 11.6 Å². The number of ketones is 1. The average Bonchev–Trinajstić information content (AvgIpc) is 2.98. The van der Waals surface area contributed by atoms with E-state index in [1.54, 1.807) is 19.2 Å². The summed E-state index contributed by atoms with van der Waals surface area (Å²) in [5.74, 6) is -0.498. The van der Waals surface area contributed by atoms with E-state index in [2.05, 4.69) is 0 Å². The van der Waals surface area contributed by atoms with Crippen LogP contribution >= 0.6 is 11.6 Å². The lowest BCUT2D eigenvalue weighted by atomic mass is 9.77. The SMILES string of the molecule is CO[C@@H]1[C@H]2OC(C)(C)O[C@H]2O[C@@H]1C1CCC(=O)c2ccc(Cl)cc21. The van der Waals surface area contributed by atoms with Crippen molar-refractivity contribution in [1.82, 2.24) is 0 Å². The minimum atomic E-state index is -0.680. The van der Waals surface area contributed by atoms with Crippen molar-refractivity contribution in [3.63, 3.8) is 0 Å². The fraction of sp³-hybridized carbons (Fsp3) is 0.611. The number of carbonyl (C=O) groups is 1. The molecule has 0 saturated carbocycles. The highest BCUT2D eigenvalue weighted by Crippen LogP contribution is 2.46. The van der Waals surface area contributed by atoms with E-state index in [0.29, 0.717) is 17.9 Å². The molecule has 1 aliphatic carbocycles. The zero-order chi connectivity index (χ0) is 17.1. The van der Waals surface area contributed by atoms with Gasteiger partial charge >= 0.3 is 0 Å². The first-order valence-corrected chi connectivity index (χ1v) is 8.64. The van der Waals surface area contributed by atoms with E-state index in [1.807, 2.05) is 19.9 Å². The first kappa shape index (κ1) is 16.5. The highest BCUT2D eigenvalue weighted by Gasteiger charge is 2.57. The molecule has 5 nitrogen and oxygen atoms in total. The molecule has 1 unspecified atom stereocenters. The Labute approximate surface area is 146 Å². The van der Waals surface area contributed by atoms with Crippen LogP contribution in [0.1, 0.15) is 48.5 Å². The maximum absolute atomic E-state index is 12.2.